The standard InChI is InChI=1S/C9H12IOP/c1-7-5-4-6-8(9(7)10)12(2,3)11/h4-6H,1-3H3. The van der Waals surface area contributed by atoms with Crippen molar-refractivity contribution in [2.24, 2.45) is 0 Å². The predicted molar refractivity (Wildman–Crippen MR) is 63.0 cm³/mol. The molecule has 0 fully saturated rings. The van der Waals surface area contributed by atoms with E-state index in [-0.39, 0.29) is 0 Å². The monoisotopic (exact) mass is 294 g/mol. The van der Waals surface area contributed by atoms with Crippen LogP contribution in [-0.4, -0.2) is 13.3 Å². The molecule has 0 unspecified atom stereocenters. The summed E-state index contributed by atoms with van der Waals surface area (Å²) in [4.78, 5) is 0. The molecule has 0 aliphatic carbocycles. The average molecular weight is 294 g/mol. The minimum Gasteiger partial charge on any atom is -0.319 e. The Hall–Kier alpha value is 0.180. The van der Waals surface area contributed by atoms with E-state index in [4.69, 9.17) is 0 Å². The van der Waals surface area contributed by atoms with Gasteiger partial charge in [0.15, 0.2) is 0 Å². The van der Waals surface area contributed by atoms with Gasteiger partial charge in [-0.25, -0.2) is 0 Å². The average Bonchev–Trinajstić information content (AvgIpc) is 1.92. The molecule has 0 bridgehead atoms. The molecule has 0 atom stereocenters. The van der Waals surface area contributed by atoms with Crippen molar-refractivity contribution in [2.75, 3.05) is 13.3 Å². The van der Waals surface area contributed by atoms with E-state index >= 15 is 0 Å². The summed E-state index contributed by atoms with van der Waals surface area (Å²) in [5, 5.41) is 1.00. The lowest BCUT2D eigenvalue weighted by Crippen LogP contribution is -2.08. The normalized spacial score (nSPS) is 11.7. The molecule has 12 heavy (non-hydrogen) atoms. The summed E-state index contributed by atoms with van der Waals surface area (Å²) in [7, 11) is -2.09. The van der Waals surface area contributed by atoms with E-state index in [0.29, 0.717) is 0 Å². The Morgan fingerprint density at radius 1 is 1.33 bits per heavy atom. The SMILES string of the molecule is Cc1cccc(P(C)(C)=O)c1I. The first-order valence-corrected chi connectivity index (χ1v) is 7.41. The van der Waals surface area contributed by atoms with E-state index in [2.05, 4.69) is 22.6 Å². The zero-order chi connectivity index (χ0) is 9.35. The van der Waals surface area contributed by atoms with Crippen molar-refractivity contribution in [3.05, 3.63) is 27.3 Å². The molecule has 0 saturated heterocycles. The highest BCUT2D eigenvalue weighted by Gasteiger charge is 2.14. The molecule has 0 aromatic heterocycles. The van der Waals surface area contributed by atoms with Crippen molar-refractivity contribution >= 4 is 35.0 Å². The van der Waals surface area contributed by atoms with E-state index in [1.807, 2.05) is 38.5 Å². The van der Waals surface area contributed by atoms with Gasteiger partial charge in [-0.15, -0.1) is 0 Å². The molecule has 1 rings (SSSR count). The number of hydrogen-bond acceptors (Lipinski definition) is 1. The van der Waals surface area contributed by atoms with Gasteiger partial charge in [-0.2, -0.15) is 0 Å². The molecule has 0 radical (unpaired) electrons. The zero-order valence-corrected chi connectivity index (χ0v) is 10.5. The van der Waals surface area contributed by atoms with Crippen LogP contribution >= 0.6 is 29.7 Å². The van der Waals surface area contributed by atoms with Crippen LogP contribution in [0.3, 0.4) is 0 Å². The van der Waals surface area contributed by atoms with Gasteiger partial charge in [-0.05, 0) is 48.4 Å². The lowest BCUT2D eigenvalue weighted by molar-refractivity contribution is 0.588. The van der Waals surface area contributed by atoms with Crippen LogP contribution in [0, 0.1) is 10.5 Å². The molecule has 1 aromatic rings. The third-order valence-corrected chi connectivity index (χ3v) is 5.14. The summed E-state index contributed by atoms with van der Waals surface area (Å²) < 4.78 is 12.9. The van der Waals surface area contributed by atoms with Crippen LogP contribution in [0.2, 0.25) is 0 Å². The van der Waals surface area contributed by atoms with Crippen LogP contribution in [0.4, 0.5) is 0 Å². The fraction of sp³-hybridized carbons (Fsp3) is 0.333. The van der Waals surface area contributed by atoms with Crippen molar-refractivity contribution in [2.45, 2.75) is 6.92 Å². The maximum absolute atomic E-state index is 11.8. The lowest BCUT2D eigenvalue weighted by atomic mass is 10.2. The van der Waals surface area contributed by atoms with E-state index in [0.717, 1.165) is 8.87 Å². The van der Waals surface area contributed by atoms with Gasteiger partial charge in [0.05, 0.1) is 0 Å². The van der Waals surface area contributed by atoms with Gasteiger partial charge in [0, 0.05) is 8.87 Å². The van der Waals surface area contributed by atoms with Crippen molar-refractivity contribution in [3.8, 4) is 0 Å². The van der Waals surface area contributed by atoms with Gasteiger partial charge >= 0.3 is 0 Å². The Morgan fingerprint density at radius 2 is 1.92 bits per heavy atom. The van der Waals surface area contributed by atoms with E-state index in [9.17, 15) is 4.57 Å². The summed E-state index contributed by atoms with van der Waals surface area (Å²) in [5.41, 5.74) is 1.21. The van der Waals surface area contributed by atoms with Crippen LogP contribution in [0.15, 0.2) is 18.2 Å². The number of hydrogen-bond donors (Lipinski definition) is 0. The van der Waals surface area contributed by atoms with Gasteiger partial charge in [0.1, 0.15) is 7.14 Å². The highest BCUT2D eigenvalue weighted by Crippen LogP contribution is 2.36. The first-order valence-electron chi connectivity index (χ1n) is 3.73. The molecule has 66 valence electrons. The number of aryl methyl sites for hydroxylation is 1. The summed E-state index contributed by atoms with van der Waals surface area (Å²) in [6.45, 7) is 5.66. The van der Waals surface area contributed by atoms with Gasteiger partial charge < -0.3 is 4.57 Å². The topological polar surface area (TPSA) is 17.1 Å². The van der Waals surface area contributed by atoms with Gasteiger partial charge in [-0.3, -0.25) is 0 Å². The highest BCUT2D eigenvalue weighted by molar-refractivity contribution is 14.1. The van der Waals surface area contributed by atoms with Crippen molar-refractivity contribution in [3.63, 3.8) is 0 Å². The molecule has 3 heteroatoms. The molecule has 0 heterocycles. The van der Waals surface area contributed by atoms with Crippen LogP contribution in [0.1, 0.15) is 5.56 Å². The van der Waals surface area contributed by atoms with Gasteiger partial charge in [0.2, 0.25) is 0 Å². The second-order valence-corrected chi connectivity index (χ2v) is 7.52. The Labute approximate surface area is 87.1 Å². The van der Waals surface area contributed by atoms with E-state index in [1.54, 1.807) is 0 Å². The van der Waals surface area contributed by atoms with Crippen molar-refractivity contribution in [1.82, 2.24) is 0 Å². The fourth-order valence-electron chi connectivity index (χ4n) is 1.05. The largest absolute Gasteiger partial charge is 0.319 e. The third kappa shape index (κ3) is 2.11. The highest BCUT2D eigenvalue weighted by atomic mass is 127. The second kappa shape index (κ2) is 3.51. The van der Waals surface area contributed by atoms with Crippen LogP contribution in [0.25, 0.3) is 0 Å². The van der Waals surface area contributed by atoms with E-state index in [1.165, 1.54) is 5.56 Å². The maximum Gasteiger partial charge on any atom is 0.110 e. The zero-order valence-electron chi connectivity index (χ0n) is 7.47. The van der Waals surface area contributed by atoms with Crippen molar-refractivity contribution in [1.29, 1.82) is 0 Å². The van der Waals surface area contributed by atoms with E-state index < -0.39 is 7.14 Å². The first kappa shape index (κ1) is 10.3. The Balaban J connectivity index is 3.36. The molecule has 1 nitrogen and oxygen atoms in total. The summed E-state index contributed by atoms with van der Waals surface area (Å²) in [6, 6.07) is 5.96. The first-order chi connectivity index (χ1) is 5.43. The van der Waals surface area contributed by atoms with Crippen LogP contribution < -0.4 is 5.30 Å². The molecule has 0 aliphatic rings. The Kier molecular flexibility index (Phi) is 3.00. The number of halogens is 1. The predicted octanol–water partition coefficient (Wildman–Crippen LogP) is 2.85. The fourth-order valence-corrected chi connectivity index (χ4v) is 4.24. The van der Waals surface area contributed by atoms with Crippen LogP contribution in [0.5, 0.6) is 0 Å². The maximum atomic E-state index is 11.8. The van der Waals surface area contributed by atoms with Gasteiger partial charge in [0.25, 0.3) is 0 Å². The number of rotatable bonds is 1. The lowest BCUT2D eigenvalue weighted by Gasteiger charge is -2.10. The smallest absolute Gasteiger partial charge is 0.110 e. The quantitative estimate of drug-likeness (QED) is 0.575. The molecule has 1 aromatic carbocycles. The van der Waals surface area contributed by atoms with Gasteiger partial charge in [-0.1, -0.05) is 18.2 Å². The van der Waals surface area contributed by atoms with Crippen LogP contribution in [-0.2, 0) is 4.57 Å². The summed E-state index contributed by atoms with van der Waals surface area (Å²) >= 11 is 2.26. The minimum absolute atomic E-state index is 1.00. The molecule has 0 amide bonds. The molecule has 0 N–H and O–H groups in total. The third-order valence-electron chi connectivity index (χ3n) is 1.75. The minimum atomic E-state index is -2.09. The molecular formula is C9H12IOP. The molecule has 0 aliphatic heterocycles. The van der Waals surface area contributed by atoms with Crippen molar-refractivity contribution < 1.29 is 4.57 Å². The summed E-state index contributed by atoms with van der Waals surface area (Å²) in [6.07, 6.45) is 0. The molecular weight excluding hydrogens is 282 g/mol. The second-order valence-electron chi connectivity index (χ2n) is 3.26. The number of benzene rings is 1. The molecule has 0 saturated carbocycles. The Bertz CT molecular complexity index is 340. The summed E-state index contributed by atoms with van der Waals surface area (Å²) in [5.74, 6) is 0. The Morgan fingerprint density at radius 3 is 2.33 bits per heavy atom. The molecule has 0 spiro atoms.